The van der Waals surface area contributed by atoms with Gasteiger partial charge in [-0.1, -0.05) is 28.8 Å². The number of nitrogens with zero attached hydrogens (tertiary/aromatic N) is 3. The van der Waals surface area contributed by atoms with E-state index in [9.17, 15) is 14.4 Å². The number of hydrogen-bond donors (Lipinski definition) is 0. The highest BCUT2D eigenvalue weighted by molar-refractivity contribution is 9.10. The van der Waals surface area contributed by atoms with Gasteiger partial charge in [-0.05, 0) is 62.7 Å². The van der Waals surface area contributed by atoms with Crippen LogP contribution < -0.4 is 0 Å². The summed E-state index contributed by atoms with van der Waals surface area (Å²) in [6, 6.07) is 5.73. The second kappa shape index (κ2) is 9.20. The molecule has 0 unspecified atom stereocenters. The minimum Gasteiger partial charge on any atom is -0.341 e. The normalized spacial score (nSPS) is 19.2. The standard InChI is InChI=1S/C23H26BrN3O3S/c1-15(2)27-22(29)20(31-23(27)30)11-16-13-26(19-8-7-17(24)12-18(16)19)14-21(28)25-9-5-3-4-6-10-25/h7-8,11-13,15H,3-6,9-10,14H2,1-2H3/b20-11-. The van der Waals surface area contributed by atoms with Crippen molar-refractivity contribution in [1.82, 2.24) is 14.4 Å². The first-order chi connectivity index (χ1) is 14.8. The molecule has 2 fully saturated rings. The lowest BCUT2D eigenvalue weighted by Gasteiger charge is -2.20. The van der Waals surface area contributed by atoms with Gasteiger partial charge < -0.3 is 9.47 Å². The molecule has 3 amide bonds. The minimum absolute atomic E-state index is 0.119. The van der Waals surface area contributed by atoms with E-state index < -0.39 is 0 Å². The molecule has 2 aromatic rings. The van der Waals surface area contributed by atoms with Crippen molar-refractivity contribution in [3.63, 3.8) is 0 Å². The summed E-state index contributed by atoms with van der Waals surface area (Å²) in [6.45, 7) is 5.56. The molecule has 31 heavy (non-hydrogen) atoms. The third-order valence-electron chi connectivity index (χ3n) is 5.76. The van der Waals surface area contributed by atoms with Gasteiger partial charge in [0.15, 0.2) is 0 Å². The van der Waals surface area contributed by atoms with E-state index in [4.69, 9.17) is 0 Å². The number of carbonyl (C=O) groups excluding carboxylic acids is 3. The number of benzene rings is 1. The molecule has 0 saturated carbocycles. The highest BCUT2D eigenvalue weighted by Crippen LogP contribution is 2.35. The summed E-state index contributed by atoms with van der Waals surface area (Å²) in [5.74, 6) is -0.144. The number of fused-ring (bicyclic) bond motifs is 1. The Bertz CT molecular complexity index is 1070. The van der Waals surface area contributed by atoms with Crippen molar-refractivity contribution in [2.24, 2.45) is 0 Å². The maximum atomic E-state index is 13.0. The van der Waals surface area contributed by atoms with Gasteiger partial charge in [-0.25, -0.2) is 0 Å². The minimum atomic E-state index is -0.262. The molecule has 0 spiro atoms. The van der Waals surface area contributed by atoms with Crippen molar-refractivity contribution in [1.29, 1.82) is 0 Å². The summed E-state index contributed by atoms with van der Waals surface area (Å²) in [4.78, 5) is 41.6. The van der Waals surface area contributed by atoms with Gasteiger partial charge >= 0.3 is 0 Å². The van der Waals surface area contributed by atoms with E-state index in [1.807, 2.05) is 47.7 Å². The van der Waals surface area contributed by atoms with Gasteiger partial charge in [0.25, 0.3) is 11.1 Å². The van der Waals surface area contributed by atoms with E-state index in [1.165, 1.54) is 17.7 Å². The van der Waals surface area contributed by atoms with Crippen molar-refractivity contribution in [3.8, 4) is 0 Å². The lowest BCUT2D eigenvalue weighted by atomic mass is 10.1. The van der Waals surface area contributed by atoms with Gasteiger partial charge in [0, 0.05) is 46.3 Å². The Morgan fingerprint density at radius 2 is 1.87 bits per heavy atom. The van der Waals surface area contributed by atoms with E-state index in [2.05, 4.69) is 15.9 Å². The first-order valence-electron chi connectivity index (χ1n) is 10.7. The van der Waals surface area contributed by atoms with E-state index in [0.29, 0.717) is 4.91 Å². The quantitative estimate of drug-likeness (QED) is 0.534. The molecular weight excluding hydrogens is 478 g/mol. The summed E-state index contributed by atoms with van der Waals surface area (Å²) in [7, 11) is 0. The van der Waals surface area contributed by atoms with Gasteiger partial charge in [0.05, 0.1) is 4.91 Å². The Labute approximate surface area is 194 Å². The predicted molar refractivity (Wildman–Crippen MR) is 128 cm³/mol. The number of thioether (sulfide) groups is 1. The number of hydrogen-bond acceptors (Lipinski definition) is 4. The highest BCUT2D eigenvalue weighted by Gasteiger charge is 2.36. The molecule has 8 heteroatoms. The van der Waals surface area contributed by atoms with Crippen LogP contribution >= 0.6 is 27.7 Å². The fourth-order valence-electron chi connectivity index (χ4n) is 4.17. The first kappa shape index (κ1) is 22.1. The van der Waals surface area contributed by atoms with Crippen LogP contribution in [0.3, 0.4) is 0 Å². The van der Waals surface area contributed by atoms with Gasteiger partial charge in [-0.2, -0.15) is 0 Å². The Morgan fingerprint density at radius 1 is 1.16 bits per heavy atom. The lowest BCUT2D eigenvalue weighted by Crippen LogP contribution is -2.34. The van der Waals surface area contributed by atoms with E-state index >= 15 is 0 Å². The summed E-state index contributed by atoms with van der Waals surface area (Å²) < 4.78 is 2.87. The highest BCUT2D eigenvalue weighted by atomic mass is 79.9. The number of likely N-dealkylation sites (tertiary alicyclic amines) is 1. The molecule has 4 rings (SSSR count). The van der Waals surface area contributed by atoms with Crippen molar-refractivity contribution in [3.05, 3.63) is 39.3 Å². The summed E-state index contributed by atoms with van der Waals surface area (Å²) in [5.41, 5.74) is 1.76. The van der Waals surface area contributed by atoms with Crippen molar-refractivity contribution < 1.29 is 14.4 Å². The summed E-state index contributed by atoms with van der Waals surface area (Å²) in [5, 5.41) is 0.696. The maximum Gasteiger partial charge on any atom is 0.293 e. The molecule has 0 N–H and O–H groups in total. The average molecular weight is 504 g/mol. The van der Waals surface area contributed by atoms with Crippen LogP contribution in [0.1, 0.15) is 45.1 Å². The van der Waals surface area contributed by atoms with Crippen molar-refractivity contribution >= 4 is 61.7 Å². The molecule has 3 heterocycles. The van der Waals surface area contributed by atoms with Crippen LogP contribution in [-0.2, 0) is 16.1 Å². The Hall–Kier alpha value is -2.06. The van der Waals surface area contributed by atoms with Crippen LogP contribution in [0.15, 0.2) is 33.8 Å². The Kier molecular flexibility index (Phi) is 6.57. The molecule has 0 radical (unpaired) electrons. The Morgan fingerprint density at radius 3 is 2.52 bits per heavy atom. The zero-order valence-electron chi connectivity index (χ0n) is 17.8. The van der Waals surface area contributed by atoms with E-state index in [0.717, 1.165) is 58.6 Å². The van der Waals surface area contributed by atoms with E-state index in [-0.39, 0.29) is 29.6 Å². The number of imide groups is 1. The average Bonchev–Trinajstić information content (AvgIpc) is 3.04. The Balaban J connectivity index is 1.67. The fraction of sp³-hybridized carbons (Fsp3) is 0.435. The summed E-state index contributed by atoms with van der Waals surface area (Å²) >= 11 is 4.49. The fourth-order valence-corrected chi connectivity index (χ4v) is 5.49. The van der Waals surface area contributed by atoms with Crippen LogP contribution in [0.5, 0.6) is 0 Å². The zero-order valence-corrected chi connectivity index (χ0v) is 20.2. The van der Waals surface area contributed by atoms with Crippen LogP contribution in [0, 0.1) is 0 Å². The predicted octanol–water partition coefficient (Wildman–Crippen LogP) is 5.25. The topological polar surface area (TPSA) is 62.6 Å². The molecule has 1 aromatic carbocycles. The largest absolute Gasteiger partial charge is 0.341 e. The zero-order chi connectivity index (χ0) is 22.1. The number of amides is 3. The van der Waals surface area contributed by atoms with Crippen molar-refractivity contribution in [2.45, 2.75) is 52.1 Å². The molecule has 164 valence electrons. The lowest BCUT2D eigenvalue weighted by molar-refractivity contribution is -0.131. The van der Waals surface area contributed by atoms with Gasteiger partial charge in [0.2, 0.25) is 5.91 Å². The van der Waals surface area contributed by atoms with Gasteiger partial charge in [-0.15, -0.1) is 0 Å². The molecule has 2 aliphatic heterocycles. The summed E-state index contributed by atoms with van der Waals surface area (Å²) in [6.07, 6.45) is 8.16. The number of halogens is 1. The van der Waals surface area contributed by atoms with Gasteiger partial charge in [-0.3, -0.25) is 19.3 Å². The van der Waals surface area contributed by atoms with Crippen LogP contribution in [0.2, 0.25) is 0 Å². The first-order valence-corrected chi connectivity index (χ1v) is 12.3. The maximum absolute atomic E-state index is 13.0. The molecule has 6 nitrogen and oxygen atoms in total. The SMILES string of the molecule is CC(C)N1C(=O)S/C(=C\c2cn(CC(=O)N3CCCCCC3)c3ccc(Br)cc23)C1=O. The molecule has 2 saturated heterocycles. The van der Waals surface area contributed by atoms with Gasteiger partial charge in [0.1, 0.15) is 6.54 Å². The number of rotatable bonds is 4. The van der Waals surface area contributed by atoms with Crippen LogP contribution in [0.25, 0.3) is 17.0 Å². The smallest absolute Gasteiger partial charge is 0.293 e. The molecule has 2 aliphatic rings. The molecule has 0 atom stereocenters. The van der Waals surface area contributed by atoms with Crippen molar-refractivity contribution in [2.75, 3.05) is 13.1 Å². The van der Waals surface area contributed by atoms with Crippen LogP contribution in [0.4, 0.5) is 4.79 Å². The third-order valence-corrected chi connectivity index (χ3v) is 7.14. The second-order valence-electron chi connectivity index (χ2n) is 8.31. The monoisotopic (exact) mass is 503 g/mol. The third kappa shape index (κ3) is 4.60. The van der Waals surface area contributed by atoms with Crippen LogP contribution in [-0.4, -0.2) is 50.6 Å². The molecule has 1 aromatic heterocycles. The molecule has 0 aliphatic carbocycles. The molecular formula is C23H26BrN3O3S. The second-order valence-corrected chi connectivity index (χ2v) is 10.2. The molecule has 0 bridgehead atoms. The van der Waals surface area contributed by atoms with E-state index in [1.54, 1.807) is 6.08 Å². The number of aromatic nitrogens is 1. The number of carbonyl (C=O) groups is 3.